The van der Waals surface area contributed by atoms with Gasteiger partial charge in [0.1, 0.15) is 5.75 Å². The Bertz CT molecular complexity index is 584. The SMILES string of the molecule is COCc1cccc(Oc2ccc([C@@H](C)N)cc2F)c1. The smallest absolute Gasteiger partial charge is 0.166 e. The fourth-order valence-electron chi connectivity index (χ4n) is 1.88. The van der Waals surface area contributed by atoms with Crippen LogP contribution in [0.15, 0.2) is 42.5 Å². The average Bonchev–Trinajstić information content (AvgIpc) is 2.42. The lowest BCUT2D eigenvalue weighted by atomic mass is 10.1. The van der Waals surface area contributed by atoms with E-state index in [-0.39, 0.29) is 11.8 Å². The molecule has 0 saturated heterocycles. The summed E-state index contributed by atoms with van der Waals surface area (Å²) in [5, 5.41) is 0. The number of benzene rings is 2. The molecular weight excluding hydrogens is 257 g/mol. The molecule has 1 atom stereocenters. The molecule has 0 spiro atoms. The van der Waals surface area contributed by atoms with Crippen molar-refractivity contribution in [2.75, 3.05) is 7.11 Å². The van der Waals surface area contributed by atoms with Crippen LogP contribution in [0.1, 0.15) is 24.1 Å². The molecule has 0 heterocycles. The molecule has 0 fully saturated rings. The predicted molar refractivity (Wildman–Crippen MR) is 76.2 cm³/mol. The molecule has 106 valence electrons. The van der Waals surface area contributed by atoms with Gasteiger partial charge in [-0.1, -0.05) is 18.2 Å². The molecule has 2 N–H and O–H groups in total. The second kappa shape index (κ2) is 6.50. The van der Waals surface area contributed by atoms with Gasteiger partial charge in [0.25, 0.3) is 0 Å². The van der Waals surface area contributed by atoms with E-state index in [0.29, 0.717) is 12.4 Å². The summed E-state index contributed by atoms with van der Waals surface area (Å²) in [6, 6.07) is 11.9. The van der Waals surface area contributed by atoms with Gasteiger partial charge in [0.2, 0.25) is 0 Å². The van der Waals surface area contributed by atoms with E-state index in [1.165, 1.54) is 6.07 Å². The van der Waals surface area contributed by atoms with Crippen LogP contribution in [0.25, 0.3) is 0 Å². The third-order valence-corrected chi connectivity index (χ3v) is 2.92. The molecule has 4 heteroatoms. The minimum atomic E-state index is -0.419. The minimum Gasteiger partial charge on any atom is -0.454 e. The van der Waals surface area contributed by atoms with Crippen LogP contribution in [0.4, 0.5) is 4.39 Å². The summed E-state index contributed by atoms with van der Waals surface area (Å²) in [4.78, 5) is 0. The largest absolute Gasteiger partial charge is 0.454 e. The van der Waals surface area contributed by atoms with Crippen molar-refractivity contribution in [3.05, 3.63) is 59.4 Å². The highest BCUT2D eigenvalue weighted by Crippen LogP contribution is 2.27. The fraction of sp³-hybridized carbons (Fsp3) is 0.250. The van der Waals surface area contributed by atoms with Crippen LogP contribution in [0.5, 0.6) is 11.5 Å². The van der Waals surface area contributed by atoms with Gasteiger partial charge in [0.05, 0.1) is 6.61 Å². The number of halogens is 1. The Morgan fingerprint density at radius 2 is 2.00 bits per heavy atom. The van der Waals surface area contributed by atoms with E-state index in [2.05, 4.69) is 0 Å². The average molecular weight is 275 g/mol. The second-order valence-corrected chi connectivity index (χ2v) is 4.66. The standard InChI is InChI=1S/C16H18FNO2/c1-11(18)13-6-7-16(15(17)9-13)20-14-5-3-4-12(8-14)10-19-2/h3-9,11H,10,18H2,1-2H3/t11-/m1/s1. The van der Waals surface area contributed by atoms with Crippen LogP contribution >= 0.6 is 0 Å². The quantitative estimate of drug-likeness (QED) is 0.903. The number of ether oxygens (including phenoxy) is 2. The van der Waals surface area contributed by atoms with Crippen molar-refractivity contribution in [1.82, 2.24) is 0 Å². The molecule has 0 aliphatic heterocycles. The topological polar surface area (TPSA) is 44.5 Å². The van der Waals surface area contributed by atoms with Crippen molar-refractivity contribution >= 4 is 0 Å². The highest BCUT2D eigenvalue weighted by Gasteiger charge is 2.08. The van der Waals surface area contributed by atoms with Crippen molar-refractivity contribution in [2.45, 2.75) is 19.6 Å². The van der Waals surface area contributed by atoms with Crippen molar-refractivity contribution < 1.29 is 13.9 Å². The number of hydrogen-bond acceptors (Lipinski definition) is 3. The molecule has 0 unspecified atom stereocenters. The summed E-state index contributed by atoms with van der Waals surface area (Å²) < 4.78 is 24.6. The Morgan fingerprint density at radius 1 is 1.20 bits per heavy atom. The van der Waals surface area contributed by atoms with Gasteiger partial charge >= 0.3 is 0 Å². The highest BCUT2D eigenvalue weighted by molar-refractivity contribution is 5.36. The van der Waals surface area contributed by atoms with Crippen LogP contribution in [0, 0.1) is 5.82 Å². The first kappa shape index (κ1) is 14.5. The lowest BCUT2D eigenvalue weighted by molar-refractivity contribution is 0.184. The predicted octanol–water partition coefficient (Wildman–Crippen LogP) is 3.78. The monoisotopic (exact) mass is 275 g/mol. The Morgan fingerprint density at radius 3 is 2.65 bits per heavy atom. The molecule has 0 aliphatic carbocycles. The van der Waals surface area contributed by atoms with Gasteiger partial charge in [-0.05, 0) is 42.3 Å². The van der Waals surface area contributed by atoms with E-state index in [4.69, 9.17) is 15.2 Å². The zero-order valence-electron chi connectivity index (χ0n) is 11.6. The molecule has 2 aromatic carbocycles. The van der Waals surface area contributed by atoms with Crippen molar-refractivity contribution in [1.29, 1.82) is 0 Å². The third kappa shape index (κ3) is 3.56. The van der Waals surface area contributed by atoms with Crippen molar-refractivity contribution in [3.8, 4) is 11.5 Å². The van der Waals surface area contributed by atoms with E-state index < -0.39 is 5.82 Å². The van der Waals surface area contributed by atoms with Crippen LogP contribution in [-0.4, -0.2) is 7.11 Å². The van der Waals surface area contributed by atoms with E-state index in [0.717, 1.165) is 11.1 Å². The second-order valence-electron chi connectivity index (χ2n) is 4.66. The summed E-state index contributed by atoms with van der Waals surface area (Å²) in [5.74, 6) is 0.341. The Balaban J connectivity index is 2.19. The summed E-state index contributed by atoms with van der Waals surface area (Å²) >= 11 is 0. The number of methoxy groups -OCH3 is 1. The first-order valence-electron chi connectivity index (χ1n) is 6.41. The fourth-order valence-corrected chi connectivity index (χ4v) is 1.88. The molecule has 0 saturated carbocycles. The summed E-state index contributed by atoms with van der Waals surface area (Å²) in [6.45, 7) is 2.30. The number of rotatable bonds is 5. The molecule has 0 bridgehead atoms. The molecule has 0 amide bonds. The van der Waals surface area contributed by atoms with Gasteiger partial charge in [0.15, 0.2) is 11.6 Å². The van der Waals surface area contributed by atoms with Gasteiger partial charge in [-0.2, -0.15) is 0 Å². The van der Waals surface area contributed by atoms with E-state index in [1.807, 2.05) is 25.1 Å². The van der Waals surface area contributed by atoms with Crippen LogP contribution < -0.4 is 10.5 Å². The molecule has 3 nitrogen and oxygen atoms in total. The molecule has 0 aliphatic rings. The zero-order chi connectivity index (χ0) is 14.5. The molecule has 2 rings (SSSR count). The molecule has 20 heavy (non-hydrogen) atoms. The van der Waals surface area contributed by atoms with Crippen LogP contribution in [0.2, 0.25) is 0 Å². The maximum absolute atomic E-state index is 13.9. The molecular formula is C16H18FNO2. The van der Waals surface area contributed by atoms with Crippen molar-refractivity contribution in [3.63, 3.8) is 0 Å². The van der Waals surface area contributed by atoms with Gasteiger partial charge in [-0.3, -0.25) is 0 Å². The number of nitrogens with two attached hydrogens (primary N) is 1. The zero-order valence-corrected chi connectivity index (χ0v) is 11.6. The maximum Gasteiger partial charge on any atom is 0.166 e. The van der Waals surface area contributed by atoms with Gasteiger partial charge in [-0.15, -0.1) is 0 Å². The summed E-state index contributed by atoms with van der Waals surface area (Å²) in [7, 11) is 1.62. The lowest BCUT2D eigenvalue weighted by Gasteiger charge is -2.11. The Labute approximate surface area is 118 Å². The maximum atomic E-state index is 13.9. The van der Waals surface area contributed by atoms with Crippen LogP contribution in [0.3, 0.4) is 0 Å². The third-order valence-electron chi connectivity index (χ3n) is 2.92. The Kier molecular flexibility index (Phi) is 4.71. The van der Waals surface area contributed by atoms with Gasteiger partial charge in [-0.25, -0.2) is 4.39 Å². The van der Waals surface area contributed by atoms with Crippen molar-refractivity contribution in [2.24, 2.45) is 5.73 Å². The van der Waals surface area contributed by atoms with E-state index in [9.17, 15) is 4.39 Å². The highest BCUT2D eigenvalue weighted by atomic mass is 19.1. The van der Waals surface area contributed by atoms with Crippen LogP contribution in [-0.2, 0) is 11.3 Å². The summed E-state index contributed by atoms with van der Waals surface area (Å²) in [5.41, 5.74) is 7.43. The molecule has 0 aromatic heterocycles. The molecule has 0 radical (unpaired) electrons. The minimum absolute atomic E-state index is 0.184. The van der Waals surface area contributed by atoms with Gasteiger partial charge < -0.3 is 15.2 Å². The normalized spacial score (nSPS) is 12.2. The Hall–Kier alpha value is -1.91. The molecule has 2 aromatic rings. The van der Waals surface area contributed by atoms with E-state index in [1.54, 1.807) is 25.3 Å². The number of hydrogen-bond donors (Lipinski definition) is 1. The summed E-state index contributed by atoms with van der Waals surface area (Å²) in [6.07, 6.45) is 0. The first-order valence-corrected chi connectivity index (χ1v) is 6.41. The van der Waals surface area contributed by atoms with E-state index >= 15 is 0 Å². The lowest BCUT2D eigenvalue weighted by Crippen LogP contribution is -2.05. The first-order chi connectivity index (χ1) is 9.60. The van der Waals surface area contributed by atoms with Gasteiger partial charge in [0, 0.05) is 13.2 Å².